The third kappa shape index (κ3) is 3.87. The van der Waals surface area contributed by atoms with E-state index in [0.29, 0.717) is 24.2 Å². The van der Waals surface area contributed by atoms with Crippen LogP contribution in [0.5, 0.6) is 17.2 Å². The maximum atomic E-state index is 14.2. The monoisotopic (exact) mass is 569 g/mol. The molecule has 2 aliphatic heterocycles. The van der Waals surface area contributed by atoms with Crippen LogP contribution in [0.4, 0.5) is 0 Å². The number of hydrogen-bond acceptors (Lipinski definition) is 11. The number of aliphatic hydroxyl groups is 3. The van der Waals surface area contributed by atoms with Gasteiger partial charge in [0, 0.05) is 36.1 Å². The summed E-state index contributed by atoms with van der Waals surface area (Å²) in [6, 6.07) is 1.93. The van der Waals surface area contributed by atoms with Crippen molar-refractivity contribution in [1.82, 2.24) is 4.90 Å². The molecule has 4 aliphatic rings. The number of ether oxygens (including phenoxy) is 3. The van der Waals surface area contributed by atoms with Crippen molar-refractivity contribution in [2.45, 2.75) is 81.9 Å². The second-order valence-corrected chi connectivity index (χ2v) is 12.2. The lowest BCUT2D eigenvalue weighted by atomic mass is 9.72. The Bertz CT molecular complexity index is 1480. The predicted octanol–water partition coefficient (Wildman–Crippen LogP) is 1.65. The second kappa shape index (κ2) is 9.22. The van der Waals surface area contributed by atoms with Crippen molar-refractivity contribution in [3.63, 3.8) is 0 Å². The molecule has 0 saturated carbocycles. The average molecular weight is 570 g/mol. The molecule has 2 heterocycles. The second-order valence-electron chi connectivity index (χ2n) is 12.2. The molecule has 1 saturated heterocycles. The van der Waals surface area contributed by atoms with Crippen molar-refractivity contribution in [1.29, 1.82) is 0 Å². The van der Waals surface area contributed by atoms with Crippen LogP contribution in [0.2, 0.25) is 0 Å². The first-order valence-electron chi connectivity index (χ1n) is 13.8. The number of ketones is 2. The van der Waals surface area contributed by atoms with Crippen LogP contribution in [0, 0.1) is 0 Å². The van der Waals surface area contributed by atoms with Gasteiger partial charge in [-0.3, -0.25) is 9.59 Å². The summed E-state index contributed by atoms with van der Waals surface area (Å²) in [5, 5.41) is 55.9. The Morgan fingerprint density at radius 1 is 1.07 bits per heavy atom. The maximum absolute atomic E-state index is 14.2. The Balaban J connectivity index is 1.55. The van der Waals surface area contributed by atoms with Crippen molar-refractivity contribution >= 4 is 11.6 Å². The molecule has 5 N–H and O–H groups in total. The molecule has 0 radical (unpaired) electrons. The zero-order chi connectivity index (χ0) is 29.8. The van der Waals surface area contributed by atoms with Crippen LogP contribution in [0.15, 0.2) is 12.1 Å². The maximum Gasteiger partial charge on any atom is 0.228 e. The van der Waals surface area contributed by atoms with Gasteiger partial charge in [0.1, 0.15) is 35.1 Å². The topological polar surface area (TPSA) is 166 Å². The van der Waals surface area contributed by atoms with Crippen molar-refractivity contribution in [3.05, 3.63) is 51.1 Å². The minimum atomic E-state index is -1.50. The van der Waals surface area contributed by atoms with Gasteiger partial charge < -0.3 is 44.6 Å². The molecule has 7 unspecified atom stereocenters. The van der Waals surface area contributed by atoms with Gasteiger partial charge in [-0.1, -0.05) is 6.92 Å². The third-order valence-corrected chi connectivity index (χ3v) is 8.89. The molecule has 2 aromatic carbocycles. The summed E-state index contributed by atoms with van der Waals surface area (Å²) in [6.45, 7) is 5.52. The van der Waals surface area contributed by atoms with E-state index in [2.05, 4.69) is 0 Å². The standard InChI is InChI=1S/C30H35NO10/c1-6-7-39-16-11-29(2,38)10-12-8-13-18(23(34)17(12)16)24(35)19-15(32)9-14-26(20(19)22(13)33)40-28-25(36)21(31(4)5)27(37)30(14,3)41-28/h8-9,16,21,25,27-28,32,34,36-38H,6-7,10-11H2,1-5H3. The molecule has 1 fully saturated rings. The van der Waals surface area contributed by atoms with E-state index in [-0.39, 0.29) is 46.4 Å². The van der Waals surface area contributed by atoms with Crippen molar-refractivity contribution in [2.75, 3.05) is 20.7 Å². The molecule has 7 atom stereocenters. The van der Waals surface area contributed by atoms with E-state index < -0.39 is 64.9 Å². The highest BCUT2D eigenvalue weighted by Gasteiger charge is 2.59. The summed E-state index contributed by atoms with van der Waals surface area (Å²) in [5.41, 5.74) is -2.64. The van der Waals surface area contributed by atoms with Crippen LogP contribution in [0.25, 0.3) is 0 Å². The fourth-order valence-electron chi connectivity index (χ4n) is 6.96. The number of carbonyl (C=O) groups excluding carboxylic acids is 2. The molecule has 2 aliphatic carbocycles. The lowest BCUT2D eigenvalue weighted by Gasteiger charge is -2.53. The molecule has 6 rings (SSSR count). The first-order valence-corrected chi connectivity index (χ1v) is 13.8. The summed E-state index contributed by atoms with van der Waals surface area (Å²) in [5.74, 6) is -2.49. The smallest absolute Gasteiger partial charge is 0.228 e. The van der Waals surface area contributed by atoms with Crippen LogP contribution < -0.4 is 4.74 Å². The Morgan fingerprint density at radius 3 is 2.44 bits per heavy atom. The number of phenolic OH excluding ortho intramolecular Hbond substituents is 2. The molecule has 0 amide bonds. The fourth-order valence-corrected chi connectivity index (χ4v) is 6.96. The quantitative estimate of drug-likeness (QED) is 0.310. The van der Waals surface area contributed by atoms with Gasteiger partial charge in [0.15, 0.2) is 5.78 Å². The van der Waals surface area contributed by atoms with Crippen molar-refractivity contribution < 1.29 is 49.3 Å². The lowest BCUT2D eigenvalue weighted by Crippen LogP contribution is -2.68. The lowest BCUT2D eigenvalue weighted by molar-refractivity contribution is -0.311. The number of fused-ring (bicyclic) bond motifs is 8. The largest absolute Gasteiger partial charge is 0.507 e. The van der Waals surface area contributed by atoms with E-state index in [9.17, 15) is 35.1 Å². The predicted molar refractivity (Wildman–Crippen MR) is 143 cm³/mol. The Morgan fingerprint density at radius 2 is 1.78 bits per heavy atom. The van der Waals surface area contributed by atoms with Gasteiger partial charge in [-0.05, 0) is 52.1 Å². The van der Waals surface area contributed by atoms with E-state index in [1.165, 1.54) is 12.1 Å². The minimum absolute atomic E-state index is 0.0794. The van der Waals surface area contributed by atoms with E-state index in [4.69, 9.17) is 14.2 Å². The van der Waals surface area contributed by atoms with Crippen LogP contribution in [-0.4, -0.2) is 92.8 Å². The number of phenols is 2. The number of nitrogens with zero attached hydrogens (tertiary/aromatic N) is 1. The highest BCUT2D eigenvalue weighted by molar-refractivity contribution is 6.31. The molecule has 2 aromatic rings. The zero-order valence-electron chi connectivity index (χ0n) is 23.6. The Labute approximate surface area is 236 Å². The van der Waals surface area contributed by atoms with Gasteiger partial charge in [0.2, 0.25) is 12.1 Å². The first kappa shape index (κ1) is 28.1. The van der Waals surface area contributed by atoms with Crippen LogP contribution in [0.3, 0.4) is 0 Å². The molecule has 0 spiro atoms. The van der Waals surface area contributed by atoms with E-state index in [1.807, 2.05) is 6.92 Å². The van der Waals surface area contributed by atoms with Crippen LogP contribution in [0.1, 0.15) is 88.3 Å². The molecule has 11 nitrogen and oxygen atoms in total. The molecular formula is C30H35NO10. The first-order chi connectivity index (χ1) is 19.2. The normalized spacial score (nSPS) is 33.5. The highest BCUT2D eigenvalue weighted by Crippen LogP contribution is 2.54. The third-order valence-electron chi connectivity index (χ3n) is 8.89. The molecule has 220 valence electrons. The van der Waals surface area contributed by atoms with Gasteiger partial charge in [-0.25, -0.2) is 0 Å². The van der Waals surface area contributed by atoms with E-state index in [1.54, 1.807) is 32.8 Å². The fraction of sp³-hybridized carbons (Fsp3) is 0.533. The summed E-state index contributed by atoms with van der Waals surface area (Å²) in [4.78, 5) is 29.8. The van der Waals surface area contributed by atoms with Crippen molar-refractivity contribution in [3.8, 4) is 17.2 Å². The molecule has 11 heteroatoms. The SMILES string of the molecule is CCCOC1CC(C)(O)Cc2cc3c(c(O)c21)C(=O)c1c(O)cc2c(c1C3=O)OC1OC2(C)C(O)C(N(C)C)C1O. The van der Waals surface area contributed by atoms with Gasteiger partial charge in [0.25, 0.3) is 0 Å². The van der Waals surface area contributed by atoms with Crippen molar-refractivity contribution in [2.24, 2.45) is 0 Å². The Kier molecular flexibility index (Phi) is 6.31. The number of carbonyl (C=O) groups is 2. The molecular weight excluding hydrogens is 534 g/mol. The number of hydrogen-bond donors (Lipinski definition) is 5. The van der Waals surface area contributed by atoms with Crippen LogP contribution >= 0.6 is 0 Å². The summed E-state index contributed by atoms with van der Waals surface area (Å²) >= 11 is 0. The number of likely N-dealkylation sites (N-methyl/N-ethyl adjacent to an activating group) is 1. The number of benzene rings is 2. The summed E-state index contributed by atoms with van der Waals surface area (Å²) in [7, 11) is 3.38. The molecule has 41 heavy (non-hydrogen) atoms. The number of rotatable bonds is 4. The van der Waals surface area contributed by atoms with E-state index >= 15 is 0 Å². The summed E-state index contributed by atoms with van der Waals surface area (Å²) < 4.78 is 17.9. The van der Waals surface area contributed by atoms with Crippen LogP contribution in [-0.2, 0) is 21.5 Å². The Hall–Kier alpha value is -3.06. The molecule has 2 bridgehead atoms. The van der Waals surface area contributed by atoms with Gasteiger partial charge in [-0.15, -0.1) is 0 Å². The molecule has 0 aromatic heterocycles. The van der Waals surface area contributed by atoms with Gasteiger partial charge in [0.05, 0.1) is 34.4 Å². The minimum Gasteiger partial charge on any atom is -0.507 e. The average Bonchev–Trinajstić information content (AvgIpc) is 2.88. The number of aliphatic hydroxyl groups excluding tert-OH is 2. The zero-order valence-corrected chi connectivity index (χ0v) is 23.6. The highest BCUT2D eigenvalue weighted by atomic mass is 16.7. The summed E-state index contributed by atoms with van der Waals surface area (Å²) in [6.07, 6.45) is -3.55. The van der Waals surface area contributed by atoms with E-state index in [0.717, 1.165) is 0 Å². The number of aromatic hydroxyl groups is 2. The van der Waals surface area contributed by atoms with Gasteiger partial charge in [-0.2, -0.15) is 0 Å². The van der Waals surface area contributed by atoms with Gasteiger partial charge >= 0.3 is 0 Å².